The summed E-state index contributed by atoms with van der Waals surface area (Å²) in [5.74, 6) is -1.74. The van der Waals surface area contributed by atoms with Crippen LogP contribution >= 0.6 is 0 Å². The first-order valence-corrected chi connectivity index (χ1v) is 8.98. The average molecular weight is 350 g/mol. The second-order valence-electron chi connectivity index (χ2n) is 8.06. The minimum atomic E-state index is -0.811. The second kappa shape index (κ2) is 6.15. The van der Waals surface area contributed by atoms with Crippen molar-refractivity contribution in [3.8, 4) is 0 Å². The highest BCUT2D eigenvalue weighted by atomic mass is 16.6. The highest BCUT2D eigenvalue weighted by molar-refractivity contribution is 5.87. The van der Waals surface area contributed by atoms with Crippen molar-refractivity contribution in [1.82, 2.24) is 0 Å². The normalized spacial score (nSPS) is 40.4. The zero-order chi connectivity index (χ0) is 18.5. The smallest absolute Gasteiger partial charge is 0.331 e. The summed E-state index contributed by atoms with van der Waals surface area (Å²) in [6.07, 6.45) is 1.62. The molecule has 2 aliphatic heterocycles. The Morgan fingerprint density at radius 2 is 2.00 bits per heavy atom. The summed E-state index contributed by atoms with van der Waals surface area (Å²) in [6.45, 7) is 9.23. The van der Waals surface area contributed by atoms with Crippen LogP contribution in [0.25, 0.3) is 0 Å². The van der Waals surface area contributed by atoms with E-state index >= 15 is 0 Å². The van der Waals surface area contributed by atoms with Crippen LogP contribution in [0.15, 0.2) is 11.6 Å². The van der Waals surface area contributed by atoms with Crippen LogP contribution in [0, 0.1) is 23.7 Å². The number of rotatable bonds is 2. The van der Waals surface area contributed by atoms with Gasteiger partial charge in [0.15, 0.2) is 0 Å². The van der Waals surface area contributed by atoms with Crippen molar-refractivity contribution in [2.24, 2.45) is 23.7 Å². The molecule has 3 aliphatic rings. The quantitative estimate of drug-likeness (QED) is 0.562. The molecule has 0 aromatic rings. The minimum absolute atomic E-state index is 0.0452. The molecule has 0 amide bonds. The fourth-order valence-corrected chi connectivity index (χ4v) is 4.39. The van der Waals surface area contributed by atoms with Crippen LogP contribution in [0.4, 0.5) is 0 Å². The largest absolute Gasteiger partial charge is 0.462 e. The first-order chi connectivity index (χ1) is 11.6. The molecule has 25 heavy (non-hydrogen) atoms. The molecule has 0 N–H and O–H groups in total. The SMILES string of the molecule is CC(C)C(=O)O[C@H]1C[C@]2(C)OC(=O)C=C2[C@H](C)C[C@H]2OC(=O)[C@@H](C)[C@H]12. The van der Waals surface area contributed by atoms with Gasteiger partial charge in [-0.1, -0.05) is 27.7 Å². The molecule has 0 bridgehead atoms. The van der Waals surface area contributed by atoms with Gasteiger partial charge in [0.25, 0.3) is 0 Å². The second-order valence-corrected chi connectivity index (χ2v) is 8.06. The van der Waals surface area contributed by atoms with Crippen LogP contribution < -0.4 is 0 Å². The van der Waals surface area contributed by atoms with Gasteiger partial charge in [0.05, 0.1) is 11.8 Å². The molecule has 0 unspecified atom stereocenters. The van der Waals surface area contributed by atoms with Crippen molar-refractivity contribution in [2.45, 2.75) is 65.3 Å². The number of hydrogen-bond donors (Lipinski definition) is 0. The van der Waals surface area contributed by atoms with Gasteiger partial charge >= 0.3 is 17.9 Å². The van der Waals surface area contributed by atoms with Crippen molar-refractivity contribution >= 4 is 17.9 Å². The summed E-state index contributed by atoms with van der Waals surface area (Å²) in [6, 6.07) is 0. The third-order valence-corrected chi connectivity index (χ3v) is 5.73. The van der Waals surface area contributed by atoms with E-state index in [0.29, 0.717) is 12.8 Å². The maximum atomic E-state index is 12.2. The third kappa shape index (κ3) is 3.07. The van der Waals surface area contributed by atoms with E-state index in [1.165, 1.54) is 6.08 Å². The van der Waals surface area contributed by atoms with Crippen LogP contribution in [0.5, 0.6) is 0 Å². The van der Waals surface area contributed by atoms with E-state index < -0.39 is 11.7 Å². The first-order valence-electron chi connectivity index (χ1n) is 8.98. The Balaban J connectivity index is 1.98. The molecule has 1 aliphatic carbocycles. The lowest BCUT2D eigenvalue weighted by molar-refractivity contribution is -0.165. The molecule has 1 saturated heterocycles. The lowest BCUT2D eigenvalue weighted by atomic mass is 9.71. The third-order valence-electron chi connectivity index (χ3n) is 5.73. The van der Waals surface area contributed by atoms with Crippen molar-refractivity contribution in [3.05, 3.63) is 11.6 Å². The van der Waals surface area contributed by atoms with E-state index in [4.69, 9.17) is 14.2 Å². The molecular formula is C19H26O6. The lowest BCUT2D eigenvalue weighted by Crippen LogP contribution is -2.46. The summed E-state index contributed by atoms with van der Waals surface area (Å²) < 4.78 is 16.9. The minimum Gasteiger partial charge on any atom is -0.462 e. The highest BCUT2D eigenvalue weighted by Gasteiger charge is 2.55. The predicted octanol–water partition coefficient (Wildman–Crippen LogP) is 2.40. The fraction of sp³-hybridized carbons (Fsp3) is 0.737. The Hall–Kier alpha value is -1.85. The van der Waals surface area contributed by atoms with E-state index in [-0.39, 0.29) is 47.7 Å². The molecule has 6 nitrogen and oxygen atoms in total. The number of carbonyl (C=O) groups is 3. The Morgan fingerprint density at radius 1 is 1.32 bits per heavy atom. The molecule has 3 rings (SSSR count). The topological polar surface area (TPSA) is 78.9 Å². The van der Waals surface area contributed by atoms with Crippen molar-refractivity contribution in [3.63, 3.8) is 0 Å². The van der Waals surface area contributed by atoms with Crippen LogP contribution in [-0.2, 0) is 28.6 Å². The molecule has 6 heteroatoms. The van der Waals surface area contributed by atoms with Gasteiger partial charge in [-0.2, -0.15) is 0 Å². The highest BCUT2D eigenvalue weighted by Crippen LogP contribution is 2.47. The number of ether oxygens (including phenoxy) is 3. The molecule has 0 aromatic heterocycles. The molecule has 6 atom stereocenters. The van der Waals surface area contributed by atoms with Gasteiger partial charge in [0, 0.05) is 18.4 Å². The van der Waals surface area contributed by atoms with E-state index in [9.17, 15) is 14.4 Å². The van der Waals surface area contributed by atoms with Gasteiger partial charge in [-0.05, 0) is 24.8 Å². The monoisotopic (exact) mass is 350 g/mol. The number of carbonyl (C=O) groups excluding carboxylic acids is 3. The number of esters is 3. The Morgan fingerprint density at radius 3 is 2.64 bits per heavy atom. The first kappa shape index (κ1) is 18.0. The van der Waals surface area contributed by atoms with Crippen molar-refractivity contribution in [2.75, 3.05) is 0 Å². The van der Waals surface area contributed by atoms with Gasteiger partial charge in [0.1, 0.15) is 17.8 Å². The van der Waals surface area contributed by atoms with Crippen LogP contribution in [-0.4, -0.2) is 35.7 Å². The maximum absolute atomic E-state index is 12.2. The Labute approximate surface area is 147 Å². The van der Waals surface area contributed by atoms with Crippen molar-refractivity contribution < 1.29 is 28.6 Å². The zero-order valence-corrected chi connectivity index (χ0v) is 15.4. The lowest BCUT2D eigenvalue weighted by Gasteiger charge is -2.40. The molecule has 2 fully saturated rings. The number of hydrogen-bond acceptors (Lipinski definition) is 6. The number of fused-ring (bicyclic) bond motifs is 2. The summed E-state index contributed by atoms with van der Waals surface area (Å²) in [5, 5.41) is 0. The van der Waals surface area contributed by atoms with E-state index in [2.05, 4.69) is 0 Å². The summed E-state index contributed by atoms with van der Waals surface area (Å²) in [4.78, 5) is 36.3. The molecule has 2 heterocycles. The van der Waals surface area contributed by atoms with Gasteiger partial charge in [0.2, 0.25) is 0 Å². The molecule has 0 aromatic carbocycles. The van der Waals surface area contributed by atoms with Gasteiger partial charge < -0.3 is 14.2 Å². The Kier molecular flexibility index (Phi) is 4.41. The molecular weight excluding hydrogens is 324 g/mol. The molecule has 0 spiro atoms. The van der Waals surface area contributed by atoms with E-state index in [1.54, 1.807) is 13.8 Å². The van der Waals surface area contributed by atoms with E-state index in [0.717, 1.165) is 5.57 Å². The standard InChI is InChI=1S/C19H26O6/c1-9(2)17(21)24-14-8-19(5)12(7-15(20)25-19)10(3)6-13-16(14)11(4)18(22)23-13/h7,9-11,13-14,16H,6,8H2,1-5H3/t10-,11+,13-,14+,16+,19+/m1/s1. The maximum Gasteiger partial charge on any atom is 0.331 e. The Bertz CT molecular complexity index is 636. The molecule has 138 valence electrons. The van der Waals surface area contributed by atoms with Crippen molar-refractivity contribution in [1.29, 1.82) is 0 Å². The zero-order valence-electron chi connectivity index (χ0n) is 15.4. The average Bonchev–Trinajstić information content (AvgIpc) is 2.93. The van der Waals surface area contributed by atoms with Crippen LogP contribution in [0.2, 0.25) is 0 Å². The van der Waals surface area contributed by atoms with Crippen LogP contribution in [0.1, 0.15) is 47.5 Å². The summed E-state index contributed by atoms with van der Waals surface area (Å²) in [7, 11) is 0. The molecule has 1 saturated carbocycles. The molecule has 0 radical (unpaired) electrons. The fourth-order valence-electron chi connectivity index (χ4n) is 4.39. The van der Waals surface area contributed by atoms with Gasteiger partial charge in [-0.15, -0.1) is 0 Å². The summed E-state index contributed by atoms with van der Waals surface area (Å²) in [5.41, 5.74) is 0.0755. The van der Waals surface area contributed by atoms with Gasteiger partial charge in [-0.3, -0.25) is 9.59 Å². The van der Waals surface area contributed by atoms with Crippen LogP contribution in [0.3, 0.4) is 0 Å². The summed E-state index contributed by atoms with van der Waals surface area (Å²) >= 11 is 0. The van der Waals surface area contributed by atoms with E-state index in [1.807, 2.05) is 20.8 Å². The predicted molar refractivity (Wildman–Crippen MR) is 88.2 cm³/mol. The van der Waals surface area contributed by atoms with Gasteiger partial charge in [-0.25, -0.2) is 4.79 Å².